The van der Waals surface area contributed by atoms with E-state index in [1.54, 1.807) is 0 Å². The Bertz CT molecular complexity index is 383. The number of carbonyl (C=O) groups is 1. The molecule has 1 aliphatic heterocycles. The van der Waals surface area contributed by atoms with Gasteiger partial charge >= 0.3 is 6.09 Å². The maximum absolute atomic E-state index is 12.2. The lowest BCUT2D eigenvalue weighted by molar-refractivity contribution is 0.0164. The Kier molecular flexibility index (Phi) is 6.35. The fourth-order valence-corrected chi connectivity index (χ4v) is 3.88. The van der Waals surface area contributed by atoms with Gasteiger partial charge < -0.3 is 15.0 Å². The summed E-state index contributed by atoms with van der Waals surface area (Å²) in [5.74, 6) is 0.559. The number of ether oxygens (including phenoxy) is 1. The van der Waals surface area contributed by atoms with Crippen LogP contribution in [0, 0.1) is 11.3 Å². The predicted molar refractivity (Wildman–Crippen MR) is 94.6 cm³/mol. The highest BCUT2D eigenvalue weighted by Crippen LogP contribution is 2.35. The molecule has 1 amide bonds. The minimum Gasteiger partial charge on any atom is -0.444 e. The van der Waals surface area contributed by atoms with Crippen LogP contribution in [0.1, 0.15) is 72.6 Å². The molecular formula is C19H36N2O2. The second-order valence-electron chi connectivity index (χ2n) is 8.94. The number of rotatable bonds is 4. The largest absolute Gasteiger partial charge is 0.444 e. The standard InChI is InChI=1S/C19H36N2O2/c1-18(2,3)23-17(22)21-12-8-9-16(14-21)13-20-15-19(4)10-6-5-7-11-19/h16,20H,5-15H2,1-4H3. The van der Waals surface area contributed by atoms with E-state index in [2.05, 4.69) is 12.2 Å². The fourth-order valence-electron chi connectivity index (χ4n) is 3.88. The molecule has 1 saturated heterocycles. The number of hydrogen-bond donors (Lipinski definition) is 1. The van der Waals surface area contributed by atoms with Crippen LogP contribution in [0.15, 0.2) is 0 Å². The Balaban J connectivity index is 1.72. The van der Waals surface area contributed by atoms with Crippen molar-refractivity contribution in [1.29, 1.82) is 0 Å². The van der Waals surface area contributed by atoms with Crippen molar-refractivity contribution < 1.29 is 9.53 Å². The van der Waals surface area contributed by atoms with Crippen LogP contribution >= 0.6 is 0 Å². The average molecular weight is 325 g/mol. The van der Waals surface area contributed by atoms with Crippen LogP contribution in [0.4, 0.5) is 4.79 Å². The molecule has 1 aliphatic carbocycles. The van der Waals surface area contributed by atoms with Crippen molar-refractivity contribution in [3.8, 4) is 0 Å². The molecule has 4 nitrogen and oxygen atoms in total. The monoisotopic (exact) mass is 324 g/mol. The molecule has 4 heteroatoms. The number of carbonyl (C=O) groups excluding carboxylic acids is 1. The van der Waals surface area contributed by atoms with E-state index in [1.165, 1.54) is 38.5 Å². The summed E-state index contributed by atoms with van der Waals surface area (Å²) >= 11 is 0. The van der Waals surface area contributed by atoms with E-state index in [-0.39, 0.29) is 6.09 Å². The van der Waals surface area contributed by atoms with Crippen LogP contribution in [0.3, 0.4) is 0 Å². The summed E-state index contributed by atoms with van der Waals surface area (Å²) in [6.07, 6.45) is 9.03. The minimum absolute atomic E-state index is 0.151. The topological polar surface area (TPSA) is 41.6 Å². The molecule has 2 fully saturated rings. The van der Waals surface area contributed by atoms with Crippen molar-refractivity contribution >= 4 is 6.09 Å². The molecule has 2 aliphatic rings. The maximum Gasteiger partial charge on any atom is 0.410 e. The number of likely N-dealkylation sites (tertiary alicyclic amines) is 1. The Morgan fingerprint density at radius 3 is 2.57 bits per heavy atom. The van der Waals surface area contributed by atoms with E-state index in [9.17, 15) is 4.79 Å². The van der Waals surface area contributed by atoms with Crippen molar-refractivity contribution in [3.05, 3.63) is 0 Å². The summed E-state index contributed by atoms with van der Waals surface area (Å²) in [6, 6.07) is 0. The first kappa shape index (κ1) is 18.6. The lowest BCUT2D eigenvalue weighted by Gasteiger charge is -2.36. The van der Waals surface area contributed by atoms with Crippen LogP contribution in [0.25, 0.3) is 0 Å². The molecule has 0 aromatic rings. The van der Waals surface area contributed by atoms with E-state index in [0.29, 0.717) is 11.3 Å². The fraction of sp³-hybridized carbons (Fsp3) is 0.947. The first-order valence-corrected chi connectivity index (χ1v) is 9.46. The van der Waals surface area contributed by atoms with E-state index < -0.39 is 5.60 Å². The Labute approximate surface area is 142 Å². The van der Waals surface area contributed by atoms with Gasteiger partial charge in [0, 0.05) is 19.6 Å². The summed E-state index contributed by atoms with van der Waals surface area (Å²) in [5, 5.41) is 3.69. The van der Waals surface area contributed by atoms with Crippen molar-refractivity contribution in [2.24, 2.45) is 11.3 Å². The Morgan fingerprint density at radius 1 is 1.22 bits per heavy atom. The van der Waals surface area contributed by atoms with Crippen LogP contribution in [0.2, 0.25) is 0 Å². The molecule has 0 radical (unpaired) electrons. The number of amides is 1. The third kappa shape index (κ3) is 6.33. The summed E-state index contributed by atoms with van der Waals surface area (Å²) in [7, 11) is 0. The van der Waals surface area contributed by atoms with Gasteiger partial charge in [0.05, 0.1) is 0 Å². The quantitative estimate of drug-likeness (QED) is 0.843. The van der Waals surface area contributed by atoms with Crippen molar-refractivity contribution in [1.82, 2.24) is 10.2 Å². The molecule has 0 spiro atoms. The van der Waals surface area contributed by atoms with Gasteiger partial charge in [-0.3, -0.25) is 0 Å². The zero-order valence-electron chi connectivity index (χ0n) is 15.6. The van der Waals surface area contributed by atoms with E-state index in [4.69, 9.17) is 4.74 Å². The summed E-state index contributed by atoms with van der Waals surface area (Å²) in [4.78, 5) is 14.1. The first-order chi connectivity index (χ1) is 10.8. The summed E-state index contributed by atoms with van der Waals surface area (Å²) < 4.78 is 5.51. The molecule has 1 saturated carbocycles. The number of hydrogen-bond acceptors (Lipinski definition) is 3. The van der Waals surface area contributed by atoms with Crippen molar-refractivity contribution in [2.75, 3.05) is 26.2 Å². The molecule has 1 unspecified atom stereocenters. The van der Waals surface area contributed by atoms with Crippen LogP contribution < -0.4 is 5.32 Å². The SMILES string of the molecule is CC1(CNCC2CCCN(C(=O)OC(C)(C)C)C2)CCCCC1. The van der Waals surface area contributed by atoms with Gasteiger partial charge in [0.1, 0.15) is 5.60 Å². The molecule has 23 heavy (non-hydrogen) atoms. The molecule has 2 rings (SSSR count). The molecule has 1 heterocycles. The van der Waals surface area contributed by atoms with Gasteiger partial charge in [-0.05, 0) is 64.3 Å². The van der Waals surface area contributed by atoms with Crippen molar-refractivity contribution in [3.63, 3.8) is 0 Å². The predicted octanol–water partition coefficient (Wildman–Crippen LogP) is 4.19. The molecule has 134 valence electrons. The lowest BCUT2D eigenvalue weighted by Crippen LogP contribution is -2.46. The molecule has 0 bridgehead atoms. The Hall–Kier alpha value is -0.770. The second kappa shape index (κ2) is 7.87. The molecule has 0 aromatic heterocycles. The number of nitrogens with zero attached hydrogens (tertiary/aromatic N) is 1. The second-order valence-corrected chi connectivity index (χ2v) is 8.94. The lowest BCUT2D eigenvalue weighted by atomic mass is 9.75. The first-order valence-electron chi connectivity index (χ1n) is 9.46. The summed E-state index contributed by atoms with van der Waals surface area (Å²) in [6.45, 7) is 12.0. The molecule has 1 N–H and O–H groups in total. The number of piperidine rings is 1. The van der Waals surface area contributed by atoms with Crippen molar-refractivity contribution in [2.45, 2.75) is 78.2 Å². The van der Waals surface area contributed by atoms with Gasteiger partial charge in [-0.2, -0.15) is 0 Å². The minimum atomic E-state index is -0.405. The van der Waals surface area contributed by atoms with Gasteiger partial charge in [0.15, 0.2) is 0 Å². The molecule has 0 aromatic carbocycles. The highest BCUT2D eigenvalue weighted by molar-refractivity contribution is 5.68. The normalized spacial score (nSPS) is 25.2. The van der Waals surface area contributed by atoms with Gasteiger partial charge in [-0.25, -0.2) is 4.79 Å². The zero-order chi connectivity index (χ0) is 16.9. The highest BCUT2D eigenvalue weighted by Gasteiger charge is 2.29. The number of nitrogens with one attached hydrogen (secondary N) is 1. The van der Waals surface area contributed by atoms with Crippen LogP contribution in [-0.2, 0) is 4.74 Å². The Morgan fingerprint density at radius 2 is 1.91 bits per heavy atom. The van der Waals surface area contributed by atoms with E-state index >= 15 is 0 Å². The van der Waals surface area contributed by atoms with Gasteiger partial charge in [0.2, 0.25) is 0 Å². The van der Waals surface area contributed by atoms with E-state index in [0.717, 1.165) is 32.6 Å². The van der Waals surface area contributed by atoms with Gasteiger partial charge in [0.25, 0.3) is 0 Å². The third-order valence-electron chi connectivity index (χ3n) is 5.22. The average Bonchev–Trinajstić information content (AvgIpc) is 2.46. The highest BCUT2D eigenvalue weighted by atomic mass is 16.6. The smallest absolute Gasteiger partial charge is 0.410 e. The van der Waals surface area contributed by atoms with E-state index in [1.807, 2.05) is 25.7 Å². The molecular weight excluding hydrogens is 288 g/mol. The maximum atomic E-state index is 12.2. The zero-order valence-corrected chi connectivity index (χ0v) is 15.6. The third-order valence-corrected chi connectivity index (χ3v) is 5.22. The van der Waals surface area contributed by atoms with Crippen LogP contribution in [-0.4, -0.2) is 42.8 Å². The van der Waals surface area contributed by atoms with Gasteiger partial charge in [-0.1, -0.05) is 26.2 Å². The van der Waals surface area contributed by atoms with Crippen LogP contribution in [0.5, 0.6) is 0 Å². The molecule has 1 atom stereocenters. The summed E-state index contributed by atoms with van der Waals surface area (Å²) in [5.41, 5.74) is 0.0790. The van der Waals surface area contributed by atoms with Gasteiger partial charge in [-0.15, -0.1) is 0 Å².